The maximum atomic E-state index is 12.5. The topological polar surface area (TPSA) is 86.8 Å². The predicted molar refractivity (Wildman–Crippen MR) is 100 cm³/mol. The van der Waals surface area contributed by atoms with Crippen molar-refractivity contribution in [1.82, 2.24) is 24.8 Å². The van der Waals surface area contributed by atoms with Gasteiger partial charge in [-0.1, -0.05) is 0 Å². The van der Waals surface area contributed by atoms with Crippen LogP contribution in [0.25, 0.3) is 22.4 Å². The van der Waals surface area contributed by atoms with Crippen molar-refractivity contribution in [3.05, 3.63) is 36.8 Å². The molecule has 0 saturated heterocycles. The molecular weight excluding hydrogens is 316 g/mol. The highest BCUT2D eigenvalue weighted by molar-refractivity contribution is 5.92. The van der Waals surface area contributed by atoms with Crippen LogP contribution in [-0.4, -0.2) is 49.9 Å². The number of carbonyl (C=O) groups is 1. The zero-order valence-corrected chi connectivity index (χ0v) is 14.9. The number of pyridine rings is 1. The van der Waals surface area contributed by atoms with Gasteiger partial charge < -0.3 is 15.2 Å². The van der Waals surface area contributed by atoms with Gasteiger partial charge in [0.2, 0.25) is 5.91 Å². The summed E-state index contributed by atoms with van der Waals surface area (Å²) in [5.74, 6) is 1.19. The highest BCUT2D eigenvalue weighted by Gasteiger charge is 2.30. The first kappa shape index (κ1) is 16.9. The quantitative estimate of drug-likeness (QED) is 0.746. The van der Waals surface area contributed by atoms with Crippen LogP contribution >= 0.6 is 0 Å². The monoisotopic (exact) mass is 340 g/mol. The molecule has 3 aromatic heterocycles. The molecule has 7 heteroatoms. The molecule has 132 valence electrons. The minimum absolute atomic E-state index is 0. The van der Waals surface area contributed by atoms with Crippen LogP contribution in [0.5, 0.6) is 0 Å². The van der Waals surface area contributed by atoms with Gasteiger partial charge >= 0.3 is 0 Å². The second-order valence-corrected chi connectivity index (χ2v) is 6.44. The number of carbonyl (C=O) groups excluding carboxylic acids is 1. The lowest BCUT2D eigenvalue weighted by Crippen LogP contribution is -2.48. The summed E-state index contributed by atoms with van der Waals surface area (Å²) in [6.07, 6.45) is 5.27. The van der Waals surface area contributed by atoms with Gasteiger partial charge in [0.1, 0.15) is 17.0 Å². The molecule has 0 aliphatic heterocycles. The van der Waals surface area contributed by atoms with E-state index in [4.69, 9.17) is 0 Å². The van der Waals surface area contributed by atoms with E-state index in [1.165, 1.54) is 0 Å². The third kappa shape index (κ3) is 3.31. The summed E-state index contributed by atoms with van der Waals surface area (Å²) >= 11 is 0. The highest BCUT2D eigenvalue weighted by atomic mass is 16.2. The smallest absolute Gasteiger partial charge is 0.247 e. The average Bonchev–Trinajstić information content (AvgIpc) is 3.04. The van der Waals surface area contributed by atoms with Gasteiger partial charge in [0.05, 0.1) is 0 Å². The Morgan fingerprint density at radius 1 is 1.32 bits per heavy atom. The fourth-order valence-electron chi connectivity index (χ4n) is 2.69. The van der Waals surface area contributed by atoms with Crippen LogP contribution < -0.4 is 5.32 Å². The molecule has 0 saturated carbocycles. The van der Waals surface area contributed by atoms with Crippen molar-refractivity contribution in [2.45, 2.75) is 26.3 Å². The van der Waals surface area contributed by atoms with E-state index in [0.29, 0.717) is 18.2 Å². The lowest BCUT2D eigenvalue weighted by atomic mass is 10.0. The average molecular weight is 340 g/mol. The summed E-state index contributed by atoms with van der Waals surface area (Å²) in [4.78, 5) is 30.5. The zero-order chi connectivity index (χ0) is 18.0. The van der Waals surface area contributed by atoms with Gasteiger partial charge in [0, 0.05) is 44.6 Å². The number of H-pyrrole nitrogens is 1. The number of hydrogen-bond acceptors (Lipinski definition) is 5. The summed E-state index contributed by atoms with van der Waals surface area (Å²) < 4.78 is 0. The molecule has 0 fully saturated rings. The normalized spacial score (nSPS) is 11.5. The van der Waals surface area contributed by atoms with E-state index in [2.05, 4.69) is 25.3 Å². The van der Waals surface area contributed by atoms with Crippen molar-refractivity contribution in [2.24, 2.45) is 0 Å². The number of nitrogens with one attached hydrogen (secondary N) is 2. The summed E-state index contributed by atoms with van der Waals surface area (Å²) in [5.41, 5.74) is 0.902. The number of amides is 1. The van der Waals surface area contributed by atoms with Gasteiger partial charge in [-0.25, -0.2) is 15.0 Å². The molecule has 1 amide bonds. The number of aromatic amines is 1. The summed E-state index contributed by atoms with van der Waals surface area (Å²) in [6, 6.07) is 5.61. The first-order valence-corrected chi connectivity index (χ1v) is 8.21. The zero-order valence-electron chi connectivity index (χ0n) is 14.9. The van der Waals surface area contributed by atoms with E-state index >= 15 is 0 Å². The van der Waals surface area contributed by atoms with Crippen molar-refractivity contribution in [3.8, 4) is 11.4 Å². The number of aromatic nitrogens is 4. The second kappa shape index (κ2) is 6.51. The van der Waals surface area contributed by atoms with Crippen molar-refractivity contribution in [1.29, 1.82) is 0 Å². The molecule has 25 heavy (non-hydrogen) atoms. The Balaban J connectivity index is 0.00000243. The van der Waals surface area contributed by atoms with E-state index in [0.717, 1.165) is 16.6 Å². The van der Waals surface area contributed by atoms with E-state index in [1.54, 1.807) is 30.4 Å². The summed E-state index contributed by atoms with van der Waals surface area (Å²) in [5, 5.41) is 4.17. The third-order valence-electron chi connectivity index (χ3n) is 4.14. The summed E-state index contributed by atoms with van der Waals surface area (Å²) in [6.45, 7) is 6.29. The molecule has 2 N–H and O–H groups in total. The number of fused-ring (bicyclic) bond motifs is 1. The molecule has 0 bridgehead atoms. The van der Waals surface area contributed by atoms with E-state index in [1.807, 2.05) is 39.1 Å². The van der Waals surface area contributed by atoms with Crippen LogP contribution in [-0.2, 0) is 4.79 Å². The standard InChI is InChI=1S/C18H22N6O.H2/c1-5-24(4)17(25)18(2,3)23-14-8-10-20-16(22-14)13-11-21-15-12(13)7-6-9-19-15;/h6-11H,5H2,1-4H3,(H,19,21)(H,20,22,23);1H. The molecule has 0 aliphatic rings. The van der Waals surface area contributed by atoms with Crippen LogP contribution in [0.3, 0.4) is 0 Å². The van der Waals surface area contributed by atoms with Gasteiger partial charge in [-0.15, -0.1) is 0 Å². The number of hydrogen-bond donors (Lipinski definition) is 2. The van der Waals surface area contributed by atoms with Crippen LogP contribution in [0.4, 0.5) is 5.82 Å². The molecule has 3 heterocycles. The Morgan fingerprint density at radius 3 is 2.88 bits per heavy atom. The third-order valence-corrected chi connectivity index (χ3v) is 4.14. The van der Waals surface area contributed by atoms with Gasteiger partial charge in [0.15, 0.2) is 5.82 Å². The Kier molecular flexibility index (Phi) is 4.39. The minimum atomic E-state index is -0.766. The van der Waals surface area contributed by atoms with Crippen LogP contribution in [0.1, 0.15) is 22.2 Å². The first-order chi connectivity index (χ1) is 11.9. The highest BCUT2D eigenvalue weighted by Crippen LogP contribution is 2.25. The Hall–Kier alpha value is -2.96. The molecule has 7 nitrogen and oxygen atoms in total. The van der Waals surface area contributed by atoms with Crippen molar-refractivity contribution in [2.75, 3.05) is 18.9 Å². The van der Waals surface area contributed by atoms with Crippen LogP contribution in [0, 0.1) is 0 Å². The second-order valence-electron chi connectivity index (χ2n) is 6.44. The van der Waals surface area contributed by atoms with E-state index < -0.39 is 5.54 Å². The number of anilines is 1. The van der Waals surface area contributed by atoms with Crippen molar-refractivity contribution < 1.29 is 6.22 Å². The van der Waals surface area contributed by atoms with Gasteiger partial charge in [-0.2, -0.15) is 0 Å². The minimum Gasteiger partial charge on any atom is -0.356 e. The molecule has 3 aromatic rings. The fraction of sp³-hybridized carbons (Fsp3) is 0.333. The molecule has 3 rings (SSSR count). The van der Waals surface area contributed by atoms with Gasteiger partial charge in [0.25, 0.3) is 0 Å². The van der Waals surface area contributed by atoms with Gasteiger partial charge in [-0.05, 0) is 39.0 Å². The lowest BCUT2D eigenvalue weighted by Gasteiger charge is -2.30. The summed E-state index contributed by atoms with van der Waals surface area (Å²) in [7, 11) is 1.79. The predicted octanol–water partition coefficient (Wildman–Crippen LogP) is 2.93. The molecule has 0 spiro atoms. The maximum Gasteiger partial charge on any atom is 0.247 e. The molecule has 0 radical (unpaired) electrons. The SMILES string of the molecule is CCN(C)C(=O)C(C)(C)Nc1ccnc(-c2c[nH]c3ncccc23)n1.[HH]. The van der Waals surface area contributed by atoms with Crippen LogP contribution in [0.15, 0.2) is 36.8 Å². The Labute approximate surface area is 148 Å². The van der Waals surface area contributed by atoms with Crippen molar-refractivity contribution in [3.63, 3.8) is 0 Å². The van der Waals surface area contributed by atoms with Gasteiger partial charge in [-0.3, -0.25) is 4.79 Å². The number of likely N-dealkylation sites (N-methyl/N-ethyl adjacent to an activating group) is 1. The molecule has 0 aliphatic carbocycles. The fourth-order valence-corrected chi connectivity index (χ4v) is 2.69. The number of rotatable bonds is 5. The van der Waals surface area contributed by atoms with E-state index in [-0.39, 0.29) is 7.33 Å². The lowest BCUT2D eigenvalue weighted by molar-refractivity contribution is -0.133. The van der Waals surface area contributed by atoms with Crippen molar-refractivity contribution >= 4 is 22.8 Å². The van der Waals surface area contributed by atoms with E-state index in [9.17, 15) is 4.79 Å². The van der Waals surface area contributed by atoms with Crippen LogP contribution in [0.2, 0.25) is 0 Å². The Morgan fingerprint density at radius 2 is 2.12 bits per heavy atom. The maximum absolute atomic E-state index is 12.5. The molecular formula is C18H24N6O. The molecule has 0 aromatic carbocycles. The molecule has 0 atom stereocenters. The Bertz CT molecular complexity index is 907. The first-order valence-electron chi connectivity index (χ1n) is 8.21. The number of nitrogens with zero attached hydrogens (tertiary/aromatic N) is 4. The largest absolute Gasteiger partial charge is 0.356 e. The molecule has 0 unspecified atom stereocenters.